The molecule has 1 aromatic heterocycles. The van der Waals surface area contributed by atoms with Gasteiger partial charge in [0.05, 0.1) is 24.9 Å². The molecule has 20 heavy (non-hydrogen) atoms. The molecule has 112 valence electrons. The molecule has 1 atom stereocenters. The Morgan fingerprint density at radius 2 is 2.20 bits per heavy atom. The number of nitrogens with zero attached hydrogens (tertiary/aromatic N) is 3. The van der Waals surface area contributed by atoms with E-state index >= 15 is 0 Å². The average Bonchev–Trinajstić information content (AvgIpc) is 2.67. The molecule has 6 heteroatoms. The summed E-state index contributed by atoms with van der Waals surface area (Å²) in [5.41, 5.74) is 3.24. The van der Waals surface area contributed by atoms with Crippen LogP contribution in [0.1, 0.15) is 30.3 Å². The van der Waals surface area contributed by atoms with Gasteiger partial charge in [-0.25, -0.2) is 0 Å². The van der Waals surface area contributed by atoms with Gasteiger partial charge in [0.1, 0.15) is 0 Å². The van der Waals surface area contributed by atoms with Gasteiger partial charge < -0.3 is 10.4 Å². The van der Waals surface area contributed by atoms with E-state index in [0.717, 1.165) is 30.9 Å². The molecule has 0 aliphatic carbocycles. The van der Waals surface area contributed by atoms with Gasteiger partial charge in [0, 0.05) is 30.9 Å². The van der Waals surface area contributed by atoms with E-state index in [1.807, 2.05) is 25.5 Å². The molecule has 0 spiro atoms. The highest BCUT2D eigenvalue weighted by Gasteiger charge is 2.29. The molecular weight excluding hydrogens is 256 g/mol. The summed E-state index contributed by atoms with van der Waals surface area (Å²) in [6.45, 7) is 8.98. The average molecular weight is 280 g/mol. The Morgan fingerprint density at radius 1 is 1.45 bits per heavy atom. The molecule has 0 bridgehead atoms. The van der Waals surface area contributed by atoms with Gasteiger partial charge in [-0.1, -0.05) is 6.92 Å². The van der Waals surface area contributed by atoms with Crippen molar-refractivity contribution in [3.8, 4) is 0 Å². The third-order valence-corrected chi connectivity index (χ3v) is 4.03. The van der Waals surface area contributed by atoms with Crippen molar-refractivity contribution in [1.82, 2.24) is 20.0 Å². The zero-order chi connectivity index (χ0) is 14.7. The smallest absolute Gasteiger partial charge is 0.237 e. The standard InChI is InChI=1S/C14H24N4O2/c1-4-13-14(20)15-5-6-17(13)9-12-10(2)16-18(7-8-19)11(12)3/h13,19H,4-9H2,1-3H3,(H,15,20). The van der Waals surface area contributed by atoms with Crippen molar-refractivity contribution in [1.29, 1.82) is 0 Å². The third kappa shape index (κ3) is 2.86. The number of rotatable bonds is 5. The van der Waals surface area contributed by atoms with Crippen LogP contribution < -0.4 is 5.32 Å². The number of aliphatic hydroxyl groups is 1. The fraction of sp³-hybridized carbons (Fsp3) is 0.714. The second-order valence-electron chi connectivity index (χ2n) is 5.28. The summed E-state index contributed by atoms with van der Waals surface area (Å²) < 4.78 is 1.84. The van der Waals surface area contributed by atoms with E-state index in [0.29, 0.717) is 13.1 Å². The van der Waals surface area contributed by atoms with Crippen LogP contribution in [0.3, 0.4) is 0 Å². The van der Waals surface area contributed by atoms with Crippen LogP contribution in [0.4, 0.5) is 0 Å². The van der Waals surface area contributed by atoms with Gasteiger partial charge >= 0.3 is 0 Å². The van der Waals surface area contributed by atoms with E-state index < -0.39 is 0 Å². The summed E-state index contributed by atoms with van der Waals surface area (Å²) in [5.74, 6) is 0.122. The fourth-order valence-corrected chi connectivity index (χ4v) is 2.87. The number of aliphatic hydroxyl groups excluding tert-OH is 1. The molecular formula is C14H24N4O2. The van der Waals surface area contributed by atoms with Crippen molar-refractivity contribution in [3.63, 3.8) is 0 Å². The highest BCUT2D eigenvalue weighted by atomic mass is 16.3. The number of aromatic nitrogens is 2. The number of carbonyl (C=O) groups excluding carboxylic acids is 1. The van der Waals surface area contributed by atoms with Gasteiger partial charge in [0.25, 0.3) is 0 Å². The topological polar surface area (TPSA) is 70.4 Å². The summed E-state index contributed by atoms with van der Waals surface area (Å²) in [7, 11) is 0. The molecule has 0 radical (unpaired) electrons. The zero-order valence-corrected chi connectivity index (χ0v) is 12.5. The van der Waals surface area contributed by atoms with Crippen LogP contribution in [0, 0.1) is 13.8 Å². The lowest BCUT2D eigenvalue weighted by atomic mass is 10.1. The van der Waals surface area contributed by atoms with Gasteiger partial charge in [-0.2, -0.15) is 5.10 Å². The molecule has 1 fully saturated rings. The highest BCUT2D eigenvalue weighted by Crippen LogP contribution is 2.19. The Labute approximate surface area is 119 Å². The van der Waals surface area contributed by atoms with Crippen molar-refractivity contribution in [2.45, 2.75) is 46.3 Å². The lowest BCUT2D eigenvalue weighted by molar-refractivity contribution is -0.129. The van der Waals surface area contributed by atoms with E-state index in [-0.39, 0.29) is 18.6 Å². The number of hydrogen-bond acceptors (Lipinski definition) is 4. The van der Waals surface area contributed by atoms with E-state index in [1.54, 1.807) is 0 Å². The molecule has 1 aliphatic rings. The van der Waals surface area contributed by atoms with Gasteiger partial charge in [0.2, 0.25) is 5.91 Å². The molecule has 1 aliphatic heterocycles. The summed E-state index contributed by atoms with van der Waals surface area (Å²) >= 11 is 0. The minimum Gasteiger partial charge on any atom is -0.394 e. The Bertz CT molecular complexity index is 484. The third-order valence-electron chi connectivity index (χ3n) is 4.03. The molecule has 1 aromatic rings. The van der Waals surface area contributed by atoms with Gasteiger partial charge in [-0.05, 0) is 20.3 Å². The molecule has 1 amide bonds. The van der Waals surface area contributed by atoms with Crippen LogP contribution >= 0.6 is 0 Å². The molecule has 2 rings (SSSR count). The fourth-order valence-electron chi connectivity index (χ4n) is 2.87. The van der Waals surface area contributed by atoms with Gasteiger partial charge in [-0.3, -0.25) is 14.4 Å². The Kier molecular flexibility index (Phi) is 4.77. The predicted molar refractivity (Wildman–Crippen MR) is 76.3 cm³/mol. The maximum atomic E-state index is 11.9. The lowest BCUT2D eigenvalue weighted by Gasteiger charge is -2.34. The first kappa shape index (κ1) is 15.0. The zero-order valence-electron chi connectivity index (χ0n) is 12.5. The SMILES string of the molecule is CCC1C(=O)NCCN1Cc1c(C)nn(CCO)c1C. The minimum atomic E-state index is -0.0521. The van der Waals surface area contributed by atoms with E-state index in [1.165, 1.54) is 5.56 Å². The molecule has 1 saturated heterocycles. The Hall–Kier alpha value is -1.40. The van der Waals surface area contributed by atoms with E-state index in [2.05, 4.69) is 15.3 Å². The first-order valence-electron chi connectivity index (χ1n) is 7.24. The number of amides is 1. The van der Waals surface area contributed by atoms with Crippen molar-refractivity contribution in [2.24, 2.45) is 0 Å². The Morgan fingerprint density at radius 3 is 2.85 bits per heavy atom. The molecule has 1 unspecified atom stereocenters. The van der Waals surface area contributed by atoms with Crippen LogP contribution in [0.2, 0.25) is 0 Å². The van der Waals surface area contributed by atoms with E-state index in [4.69, 9.17) is 5.11 Å². The normalized spacial score (nSPS) is 20.2. The number of piperazine rings is 1. The lowest BCUT2D eigenvalue weighted by Crippen LogP contribution is -2.54. The first-order valence-corrected chi connectivity index (χ1v) is 7.24. The number of nitrogens with one attached hydrogen (secondary N) is 1. The summed E-state index contributed by atoms with van der Waals surface area (Å²) in [4.78, 5) is 14.1. The second-order valence-corrected chi connectivity index (χ2v) is 5.28. The second kappa shape index (κ2) is 6.37. The molecule has 0 aromatic carbocycles. The van der Waals surface area contributed by atoms with Crippen LogP contribution in [0.15, 0.2) is 0 Å². The van der Waals surface area contributed by atoms with Crippen molar-refractivity contribution < 1.29 is 9.90 Å². The van der Waals surface area contributed by atoms with Crippen LogP contribution in [0.25, 0.3) is 0 Å². The maximum absolute atomic E-state index is 11.9. The molecule has 2 N–H and O–H groups in total. The maximum Gasteiger partial charge on any atom is 0.237 e. The Balaban J connectivity index is 2.18. The number of carbonyl (C=O) groups is 1. The van der Waals surface area contributed by atoms with Gasteiger partial charge in [0.15, 0.2) is 0 Å². The largest absolute Gasteiger partial charge is 0.394 e. The van der Waals surface area contributed by atoms with Crippen molar-refractivity contribution in [2.75, 3.05) is 19.7 Å². The van der Waals surface area contributed by atoms with E-state index in [9.17, 15) is 4.79 Å². The van der Waals surface area contributed by atoms with Crippen molar-refractivity contribution >= 4 is 5.91 Å². The molecule has 0 saturated carbocycles. The quantitative estimate of drug-likeness (QED) is 0.808. The summed E-state index contributed by atoms with van der Waals surface area (Å²) in [5, 5.41) is 16.4. The highest BCUT2D eigenvalue weighted by molar-refractivity contribution is 5.82. The van der Waals surface area contributed by atoms with Gasteiger partial charge in [-0.15, -0.1) is 0 Å². The van der Waals surface area contributed by atoms with Crippen LogP contribution in [-0.2, 0) is 17.9 Å². The summed E-state index contributed by atoms with van der Waals surface area (Å²) in [6.07, 6.45) is 0.814. The van der Waals surface area contributed by atoms with Crippen molar-refractivity contribution in [3.05, 3.63) is 17.0 Å². The number of aryl methyl sites for hydroxylation is 1. The van der Waals surface area contributed by atoms with Crippen LogP contribution in [0.5, 0.6) is 0 Å². The monoisotopic (exact) mass is 280 g/mol. The summed E-state index contributed by atoms with van der Waals surface area (Å²) in [6, 6.07) is -0.0521. The minimum absolute atomic E-state index is 0.0521. The number of hydrogen-bond donors (Lipinski definition) is 2. The van der Waals surface area contributed by atoms with Crippen LogP contribution in [-0.4, -0.2) is 51.4 Å². The predicted octanol–water partition coefficient (Wildman–Crippen LogP) is 0.203. The molecule has 6 nitrogen and oxygen atoms in total. The first-order chi connectivity index (χ1) is 9.58. The molecule has 2 heterocycles.